The van der Waals surface area contributed by atoms with E-state index in [1.807, 2.05) is 6.07 Å². The van der Waals surface area contributed by atoms with Crippen molar-refractivity contribution in [3.8, 4) is 6.07 Å². The fourth-order valence-corrected chi connectivity index (χ4v) is 3.27. The number of hydrogen-bond acceptors (Lipinski definition) is 8. The van der Waals surface area contributed by atoms with Gasteiger partial charge in [-0.25, -0.2) is 4.98 Å². The lowest BCUT2D eigenvalue weighted by Gasteiger charge is -2.19. The van der Waals surface area contributed by atoms with Crippen LogP contribution in [0.5, 0.6) is 0 Å². The Morgan fingerprint density at radius 2 is 2.06 bits per heavy atom. The molecular formula is C19H18F3N5O3S. The van der Waals surface area contributed by atoms with Crippen LogP contribution < -0.4 is 11.1 Å². The van der Waals surface area contributed by atoms with Crippen molar-refractivity contribution < 1.29 is 27.9 Å². The molecule has 0 aliphatic heterocycles. The molecule has 0 spiro atoms. The van der Waals surface area contributed by atoms with Crippen LogP contribution in [0.25, 0.3) is 0 Å². The van der Waals surface area contributed by atoms with Gasteiger partial charge in [-0.05, 0) is 24.3 Å². The summed E-state index contributed by atoms with van der Waals surface area (Å²) in [5.74, 6) is -1.93. The third-order valence-corrected chi connectivity index (χ3v) is 4.86. The first-order valence-corrected chi connectivity index (χ1v) is 10.1. The topological polar surface area (TPSA) is 142 Å². The van der Waals surface area contributed by atoms with Gasteiger partial charge in [0.1, 0.15) is 16.7 Å². The van der Waals surface area contributed by atoms with E-state index in [1.165, 1.54) is 12.1 Å². The predicted molar refractivity (Wildman–Crippen MR) is 107 cm³/mol. The number of alkyl halides is 3. The number of aliphatic carboxylic acids is 1. The lowest BCUT2D eigenvalue weighted by atomic mass is 9.98. The van der Waals surface area contributed by atoms with Crippen LogP contribution in [-0.4, -0.2) is 39.1 Å². The van der Waals surface area contributed by atoms with Gasteiger partial charge >= 0.3 is 12.1 Å². The predicted octanol–water partition coefficient (Wildman–Crippen LogP) is 3.13. The van der Waals surface area contributed by atoms with Crippen LogP contribution in [0, 0.1) is 11.3 Å². The third kappa shape index (κ3) is 6.58. The van der Waals surface area contributed by atoms with Gasteiger partial charge in [-0.1, -0.05) is 18.2 Å². The number of nitrogen functional groups attached to an aromatic ring is 1. The summed E-state index contributed by atoms with van der Waals surface area (Å²) in [6.07, 6.45) is -3.83. The molecule has 164 valence electrons. The number of rotatable bonds is 9. The molecule has 0 aliphatic carbocycles. The number of halogens is 3. The number of nitrogens with two attached hydrogens (primary N) is 1. The highest BCUT2D eigenvalue weighted by Gasteiger charge is 2.31. The molecule has 8 nitrogen and oxygen atoms in total. The second-order valence-electron chi connectivity index (χ2n) is 6.40. The molecule has 0 bridgehead atoms. The Morgan fingerprint density at radius 1 is 1.35 bits per heavy atom. The normalized spacial score (nSPS) is 12.1. The van der Waals surface area contributed by atoms with E-state index in [2.05, 4.69) is 15.3 Å². The standard InChI is InChI=1S/C19H18F3N5O3S/c1-31-17-12(9-23)16(26-18(24)27-17)25-13(5-6-15(29)30)14(28)8-10-3-2-4-11(7-10)19(20,21)22/h2-4,7,13H,5-6,8H2,1H3,(H,29,30)(H3,24,25,26,27)/t13-/m0/s1. The van der Waals surface area contributed by atoms with E-state index in [-0.39, 0.29) is 47.2 Å². The van der Waals surface area contributed by atoms with Gasteiger partial charge in [0.2, 0.25) is 5.95 Å². The molecule has 0 amide bonds. The van der Waals surface area contributed by atoms with Crippen molar-refractivity contribution in [2.75, 3.05) is 17.3 Å². The lowest BCUT2D eigenvalue weighted by molar-refractivity contribution is -0.138. The van der Waals surface area contributed by atoms with Gasteiger partial charge in [-0.2, -0.15) is 23.4 Å². The number of carboxylic acid groups (broad SMARTS) is 1. The Kier molecular flexibility index (Phi) is 7.82. The molecule has 2 aromatic rings. The summed E-state index contributed by atoms with van der Waals surface area (Å²) in [6, 6.07) is 5.10. The number of nitrogens with zero attached hydrogens (tertiary/aromatic N) is 3. The maximum absolute atomic E-state index is 12.9. The van der Waals surface area contributed by atoms with Crippen LogP contribution in [-0.2, 0) is 22.2 Å². The van der Waals surface area contributed by atoms with Crippen molar-refractivity contribution in [2.24, 2.45) is 0 Å². The first kappa shape index (κ1) is 23.9. The van der Waals surface area contributed by atoms with E-state index >= 15 is 0 Å². The highest BCUT2D eigenvalue weighted by atomic mass is 32.2. The molecular weight excluding hydrogens is 435 g/mol. The van der Waals surface area contributed by atoms with Gasteiger partial charge in [-0.3, -0.25) is 9.59 Å². The number of ketones is 1. The van der Waals surface area contributed by atoms with Crippen molar-refractivity contribution in [3.63, 3.8) is 0 Å². The quantitative estimate of drug-likeness (QED) is 0.385. The van der Waals surface area contributed by atoms with Crippen molar-refractivity contribution in [2.45, 2.75) is 36.5 Å². The zero-order valence-corrected chi connectivity index (χ0v) is 17.0. The number of thioether (sulfide) groups is 1. The van der Waals surface area contributed by atoms with E-state index in [4.69, 9.17) is 10.8 Å². The van der Waals surface area contributed by atoms with Crippen molar-refractivity contribution in [3.05, 3.63) is 41.0 Å². The SMILES string of the molecule is CSc1nc(N)nc(N[C@@H](CCC(=O)O)C(=O)Cc2cccc(C(F)(F)F)c2)c1C#N. The summed E-state index contributed by atoms with van der Waals surface area (Å²) in [4.78, 5) is 31.7. The fourth-order valence-electron chi connectivity index (χ4n) is 2.74. The molecule has 1 atom stereocenters. The molecule has 31 heavy (non-hydrogen) atoms. The number of anilines is 2. The van der Waals surface area contributed by atoms with Crippen LogP contribution in [0.15, 0.2) is 29.3 Å². The van der Waals surface area contributed by atoms with Crippen LogP contribution in [0.3, 0.4) is 0 Å². The molecule has 1 heterocycles. The summed E-state index contributed by atoms with van der Waals surface area (Å²) in [7, 11) is 0. The number of nitrogens with one attached hydrogen (secondary N) is 1. The summed E-state index contributed by atoms with van der Waals surface area (Å²) < 4.78 is 38.8. The van der Waals surface area contributed by atoms with Gasteiger partial charge in [0.15, 0.2) is 11.6 Å². The molecule has 0 radical (unpaired) electrons. The Labute approximate surface area is 179 Å². The summed E-state index contributed by atoms with van der Waals surface area (Å²) >= 11 is 1.13. The number of hydrogen-bond donors (Lipinski definition) is 3. The Hall–Kier alpha value is -3.33. The monoisotopic (exact) mass is 453 g/mol. The Bertz CT molecular complexity index is 1020. The van der Waals surface area contributed by atoms with Gasteiger partial charge in [0, 0.05) is 12.8 Å². The molecule has 0 unspecified atom stereocenters. The average molecular weight is 453 g/mol. The van der Waals surface area contributed by atoms with Crippen molar-refractivity contribution in [1.29, 1.82) is 5.26 Å². The van der Waals surface area contributed by atoms with Crippen molar-refractivity contribution >= 4 is 35.3 Å². The van der Waals surface area contributed by atoms with Crippen LogP contribution in [0.1, 0.15) is 29.5 Å². The number of Topliss-reactive ketones (excluding diaryl/α,β-unsaturated/α-hetero) is 1. The molecule has 4 N–H and O–H groups in total. The minimum atomic E-state index is -4.56. The van der Waals surface area contributed by atoms with Crippen LogP contribution >= 0.6 is 11.8 Å². The third-order valence-electron chi connectivity index (χ3n) is 4.18. The number of carboxylic acids is 1. The molecule has 1 aromatic carbocycles. The van der Waals surface area contributed by atoms with Gasteiger partial charge in [-0.15, -0.1) is 11.8 Å². The highest BCUT2D eigenvalue weighted by Crippen LogP contribution is 2.30. The molecule has 2 rings (SSSR count). The zero-order chi connectivity index (χ0) is 23.2. The maximum atomic E-state index is 12.9. The molecule has 0 saturated heterocycles. The first-order chi connectivity index (χ1) is 14.5. The van der Waals surface area contributed by atoms with E-state index in [9.17, 15) is 28.0 Å². The van der Waals surface area contributed by atoms with Crippen LogP contribution in [0.2, 0.25) is 0 Å². The van der Waals surface area contributed by atoms with Crippen LogP contribution in [0.4, 0.5) is 24.9 Å². The molecule has 0 fully saturated rings. The summed E-state index contributed by atoms with van der Waals surface area (Å²) in [6.45, 7) is 0. The van der Waals surface area contributed by atoms with E-state index in [0.29, 0.717) is 0 Å². The maximum Gasteiger partial charge on any atom is 0.416 e. The molecule has 0 saturated carbocycles. The first-order valence-electron chi connectivity index (χ1n) is 8.84. The minimum Gasteiger partial charge on any atom is -0.481 e. The van der Waals surface area contributed by atoms with Gasteiger partial charge in [0.05, 0.1) is 11.6 Å². The average Bonchev–Trinajstić information content (AvgIpc) is 2.69. The van der Waals surface area contributed by atoms with E-state index < -0.39 is 29.5 Å². The number of carbonyl (C=O) groups excluding carboxylic acids is 1. The van der Waals surface area contributed by atoms with E-state index in [0.717, 1.165) is 23.9 Å². The second kappa shape index (κ2) is 10.1. The number of carbonyl (C=O) groups is 2. The summed E-state index contributed by atoms with van der Waals surface area (Å²) in [5, 5.41) is 21.4. The highest BCUT2D eigenvalue weighted by molar-refractivity contribution is 7.98. The molecule has 0 aliphatic rings. The Balaban J connectivity index is 2.33. The fraction of sp³-hybridized carbons (Fsp3) is 0.316. The van der Waals surface area contributed by atoms with Gasteiger partial charge < -0.3 is 16.2 Å². The summed E-state index contributed by atoms with van der Waals surface area (Å²) in [5.41, 5.74) is 4.89. The molecule has 1 aromatic heterocycles. The zero-order valence-electron chi connectivity index (χ0n) is 16.2. The number of aromatic nitrogens is 2. The number of benzene rings is 1. The molecule has 12 heteroatoms. The minimum absolute atomic E-state index is 0.0221. The van der Waals surface area contributed by atoms with E-state index in [1.54, 1.807) is 6.26 Å². The van der Waals surface area contributed by atoms with Gasteiger partial charge in [0.25, 0.3) is 0 Å². The number of nitriles is 1. The Morgan fingerprint density at radius 3 is 2.65 bits per heavy atom. The largest absolute Gasteiger partial charge is 0.481 e. The van der Waals surface area contributed by atoms with Crippen molar-refractivity contribution in [1.82, 2.24) is 9.97 Å². The smallest absolute Gasteiger partial charge is 0.416 e. The second-order valence-corrected chi connectivity index (χ2v) is 7.19. The lowest BCUT2D eigenvalue weighted by Crippen LogP contribution is -2.32.